The molecule has 9 heteroatoms. The van der Waals surface area contributed by atoms with Crippen molar-refractivity contribution in [3.8, 4) is 5.75 Å². The predicted molar refractivity (Wildman–Crippen MR) is 93.8 cm³/mol. The van der Waals surface area contributed by atoms with E-state index in [4.69, 9.17) is 16.3 Å². The summed E-state index contributed by atoms with van der Waals surface area (Å²) in [5.41, 5.74) is 0. The summed E-state index contributed by atoms with van der Waals surface area (Å²) in [7, 11) is -2.22. The SMILES string of the molecule is COc1c(Br)cc(Cl)cc1S(=O)(=O)N1CC(C)NC(C)C1.Cl. The molecule has 1 heterocycles. The fraction of sp³-hybridized carbons (Fsp3) is 0.538. The molecule has 1 aromatic rings. The summed E-state index contributed by atoms with van der Waals surface area (Å²) < 4.78 is 33.0. The number of halogens is 3. The second-order valence-corrected chi connectivity index (χ2v) is 8.41. The van der Waals surface area contributed by atoms with Gasteiger partial charge in [0.05, 0.1) is 11.6 Å². The van der Waals surface area contributed by atoms with E-state index in [2.05, 4.69) is 21.2 Å². The van der Waals surface area contributed by atoms with Gasteiger partial charge in [-0.05, 0) is 41.9 Å². The van der Waals surface area contributed by atoms with Crippen LogP contribution in [0.2, 0.25) is 5.02 Å². The second kappa shape index (κ2) is 7.68. The molecule has 1 aromatic carbocycles. The molecule has 5 nitrogen and oxygen atoms in total. The minimum Gasteiger partial charge on any atom is -0.494 e. The van der Waals surface area contributed by atoms with E-state index >= 15 is 0 Å². The minimum absolute atomic E-state index is 0. The van der Waals surface area contributed by atoms with Gasteiger partial charge in [0.15, 0.2) is 5.75 Å². The number of hydrogen-bond acceptors (Lipinski definition) is 4. The Kier molecular flexibility index (Phi) is 6.98. The fourth-order valence-corrected chi connectivity index (χ4v) is 5.53. The Morgan fingerprint density at radius 1 is 1.32 bits per heavy atom. The number of nitrogens with one attached hydrogen (secondary N) is 1. The Labute approximate surface area is 150 Å². The van der Waals surface area contributed by atoms with Crippen molar-refractivity contribution >= 4 is 50.0 Å². The Morgan fingerprint density at radius 3 is 2.36 bits per heavy atom. The lowest BCUT2D eigenvalue weighted by Crippen LogP contribution is -2.55. The summed E-state index contributed by atoms with van der Waals surface area (Å²) >= 11 is 9.29. The number of rotatable bonds is 3. The third kappa shape index (κ3) is 4.07. The van der Waals surface area contributed by atoms with Crippen molar-refractivity contribution in [2.45, 2.75) is 30.8 Å². The van der Waals surface area contributed by atoms with Gasteiger partial charge in [-0.3, -0.25) is 0 Å². The van der Waals surface area contributed by atoms with Crippen LogP contribution < -0.4 is 10.1 Å². The third-order valence-corrected chi connectivity index (χ3v) is 5.96. The molecular weight excluding hydrogens is 415 g/mol. The Bertz CT molecular complexity index is 632. The third-order valence-electron chi connectivity index (χ3n) is 3.32. The summed E-state index contributed by atoms with van der Waals surface area (Å²) in [6.45, 7) is 4.76. The van der Waals surface area contributed by atoms with E-state index < -0.39 is 10.0 Å². The standard InChI is InChI=1S/C13H18BrClN2O3S.ClH/c1-8-6-17(7-9(2)16-8)21(18,19)12-5-10(15)4-11(14)13(12)20-3;/h4-5,8-9,16H,6-7H2,1-3H3;1H. The van der Waals surface area contributed by atoms with Gasteiger partial charge in [-0.15, -0.1) is 12.4 Å². The van der Waals surface area contributed by atoms with Gasteiger partial charge in [-0.25, -0.2) is 8.42 Å². The van der Waals surface area contributed by atoms with Crippen LogP contribution in [0.25, 0.3) is 0 Å². The molecule has 2 unspecified atom stereocenters. The van der Waals surface area contributed by atoms with Crippen LogP contribution in [0, 0.1) is 0 Å². The molecule has 22 heavy (non-hydrogen) atoms. The van der Waals surface area contributed by atoms with E-state index in [0.717, 1.165) is 0 Å². The Hall–Kier alpha value is -0.0500. The molecule has 126 valence electrons. The zero-order chi connectivity index (χ0) is 15.8. The molecule has 2 atom stereocenters. The van der Waals surface area contributed by atoms with Gasteiger partial charge < -0.3 is 10.1 Å². The lowest BCUT2D eigenvalue weighted by atomic mass is 10.2. The van der Waals surface area contributed by atoms with Crippen molar-refractivity contribution < 1.29 is 13.2 Å². The van der Waals surface area contributed by atoms with Crippen molar-refractivity contribution in [3.63, 3.8) is 0 Å². The number of hydrogen-bond donors (Lipinski definition) is 1. The van der Waals surface area contributed by atoms with Crippen molar-refractivity contribution in [2.24, 2.45) is 0 Å². The predicted octanol–water partition coefficient (Wildman–Crippen LogP) is 2.90. The van der Waals surface area contributed by atoms with Crippen molar-refractivity contribution in [3.05, 3.63) is 21.6 Å². The molecule has 1 N–H and O–H groups in total. The molecule has 0 saturated carbocycles. The monoisotopic (exact) mass is 432 g/mol. The molecule has 1 fully saturated rings. The van der Waals surface area contributed by atoms with Crippen LogP contribution in [0.3, 0.4) is 0 Å². The average Bonchev–Trinajstić information content (AvgIpc) is 2.36. The van der Waals surface area contributed by atoms with Gasteiger partial charge in [-0.1, -0.05) is 11.6 Å². The van der Waals surface area contributed by atoms with E-state index in [-0.39, 0.29) is 35.1 Å². The number of nitrogens with zero attached hydrogens (tertiary/aromatic N) is 1. The first-order valence-electron chi connectivity index (χ1n) is 6.55. The van der Waals surface area contributed by atoms with Crippen LogP contribution in [0.15, 0.2) is 21.5 Å². The van der Waals surface area contributed by atoms with Gasteiger partial charge >= 0.3 is 0 Å². The molecular formula is C13H19BrCl2N2O3S. The number of methoxy groups -OCH3 is 1. The average molecular weight is 434 g/mol. The van der Waals surface area contributed by atoms with Crippen LogP contribution in [-0.2, 0) is 10.0 Å². The van der Waals surface area contributed by atoms with Crippen molar-refractivity contribution in [1.29, 1.82) is 0 Å². The second-order valence-electron chi connectivity index (χ2n) is 5.21. The van der Waals surface area contributed by atoms with Crippen LogP contribution in [-0.4, -0.2) is 45.0 Å². The highest BCUT2D eigenvalue weighted by atomic mass is 79.9. The molecule has 1 saturated heterocycles. The highest BCUT2D eigenvalue weighted by molar-refractivity contribution is 9.10. The van der Waals surface area contributed by atoms with Crippen LogP contribution in [0.4, 0.5) is 0 Å². The van der Waals surface area contributed by atoms with E-state index in [9.17, 15) is 8.42 Å². The molecule has 0 amide bonds. The smallest absolute Gasteiger partial charge is 0.246 e. The van der Waals surface area contributed by atoms with Crippen molar-refractivity contribution in [1.82, 2.24) is 9.62 Å². The highest BCUT2D eigenvalue weighted by Gasteiger charge is 2.34. The quantitative estimate of drug-likeness (QED) is 0.796. The lowest BCUT2D eigenvalue weighted by Gasteiger charge is -2.35. The fourth-order valence-electron chi connectivity index (χ4n) is 2.54. The van der Waals surface area contributed by atoms with E-state index in [1.54, 1.807) is 6.07 Å². The summed E-state index contributed by atoms with van der Waals surface area (Å²) in [5.74, 6) is 0.276. The van der Waals surface area contributed by atoms with E-state index in [1.807, 2.05) is 13.8 Å². The maximum absolute atomic E-state index is 12.9. The first-order valence-corrected chi connectivity index (χ1v) is 9.16. The van der Waals surface area contributed by atoms with Gasteiger partial charge in [0.2, 0.25) is 10.0 Å². The van der Waals surface area contributed by atoms with Gasteiger partial charge in [0.1, 0.15) is 4.90 Å². The van der Waals surface area contributed by atoms with Gasteiger partial charge in [0, 0.05) is 30.2 Å². The first kappa shape index (κ1) is 20.0. The molecule has 0 aliphatic carbocycles. The van der Waals surface area contributed by atoms with Crippen LogP contribution >= 0.6 is 39.9 Å². The maximum atomic E-state index is 12.9. The highest BCUT2D eigenvalue weighted by Crippen LogP contribution is 2.37. The summed E-state index contributed by atoms with van der Waals surface area (Å²) in [4.78, 5) is 0.0886. The van der Waals surface area contributed by atoms with Gasteiger partial charge in [0.25, 0.3) is 0 Å². The molecule has 0 radical (unpaired) electrons. The Morgan fingerprint density at radius 2 is 1.86 bits per heavy atom. The molecule has 1 aliphatic heterocycles. The number of benzene rings is 1. The lowest BCUT2D eigenvalue weighted by molar-refractivity contribution is 0.262. The van der Waals surface area contributed by atoms with Crippen LogP contribution in [0.1, 0.15) is 13.8 Å². The molecule has 1 aliphatic rings. The molecule has 0 aromatic heterocycles. The number of ether oxygens (including phenoxy) is 1. The molecule has 2 rings (SSSR count). The molecule has 0 bridgehead atoms. The minimum atomic E-state index is -3.66. The van der Waals surface area contributed by atoms with Gasteiger partial charge in [-0.2, -0.15) is 4.31 Å². The number of sulfonamides is 1. The van der Waals surface area contributed by atoms with E-state index in [1.165, 1.54) is 17.5 Å². The maximum Gasteiger partial charge on any atom is 0.246 e. The Balaban J connectivity index is 0.00000242. The first-order chi connectivity index (χ1) is 9.75. The van der Waals surface area contributed by atoms with Crippen molar-refractivity contribution in [2.75, 3.05) is 20.2 Å². The molecule has 0 spiro atoms. The zero-order valence-corrected chi connectivity index (χ0v) is 16.4. The summed E-state index contributed by atoms with van der Waals surface area (Å²) in [6.07, 6.45) is 0. The topological polar surface area (TPSA) is 58.6 Å². The summed E-state index contributed by atoms with van der Waals surface area (Å²) in [6, 6.07) is 3.23. The normalized spacial score (nSPS) is 23.0. The number of piperazine rings is 1. The largest absolute Gasteiger partial charge is 0.494 e. The van der Waals surface area contributed by atoms with E-state index in [0.29, 0.717) is 22.6 Å². The summed E-state index contributed by atoms with van der Waals surface area (Å²) in [5, 5.41) is 3.66. The van der Waals surface area contributed by atoms with Crippen LogP contribution in [0.5, 0.6) is 5.75 Å². The zero-order valence-electron chi connectivity index (χ0n) is 12.5.